The third-order valence-corrected chi connectivity index (χ3v) is 6.89. The summed E-state index contributed by atoms with van der Waals surface area (Å²) in [5.74, 6) is 2.03. The van der Waals surface area contributed by atoms with E-state index < -0.39 is 0 Å². The van der Waals surface area contributed by atoms with Gasteiger partial charge in [0, 0.05) is 25.2 Å². The molecule has 3 aliphatic heterocycles. The first kappa shape index (κ1) is 23.2. The molecule has 0 atom stereocenters. The second kappa shape index (κ2) is 11.2. The van der Waals surface area contributed by atoms with Crippen molar-refractivity contribution in [1.82, 2.24) is 20.0 Å². The number of likely N-dealkylation sites (tertiary alicyclic amines) is 3. The highest BCUT2D eigenvalue weighted by molar-refractivity contribution is 14.0. The van der Waals surface area contributed by atoms with Gasteiger partial charge >= 0.3 is 0 Å². The summed E-state index contributed by atoms with van der Waals surface area (Å²) in [6, 6.07) is 0. The van der Waals surface area contributed by atoms with Gasteiger partial charge in [-0.25, -0.2) is 0 Å². The lowest BCUT2D eigenvalue weighted by atomic mass is 9.84. The summed E-state index contributed by atoms with van der Waals surface area (Å²) in [6.45, 7) is 13.8. The van der Waals surface area contributed by atoms with E-state index in [4.69, 9.17) is 4.99 Å². The number of aliphatic imine (C=N–C) groups is 1. The largest absolute Gasteiger partial charge is 0.357 e. The quantitative estimate of drug-likeness (QED) is 0.372. The molecular weight excluding hydrogens is 449 g/mol. The average Bonchev–Trinajstić information content (AvgIpc) is 2.68. The van der Waals surface area contributed by atoms with E-state index >= 15 is 0 Å². The van der Waals surface area contributed by atoms with Gasteiger partial charge in [-0.05, 0) is 84.6 Å². The Hall–Kier alpha value is -0.0800. The Labute approximate surface area is 184 Å². The molecule has 3 saturated heterocycles. The molecule has 3 rings (SSSR count). The van der Waals surface area contributed by atoms with E-state index in [0.717, 1.165) is 38.1 Å². The van der Waals surface area contributed by atoms with Crippen LogP contribution in [0.25, 0.3) is 0 Å². The lowest BCUT2D eigenvalue weighted by Gasteiger charge is -2.49. The molecule has 0 aliphatic carbocycles. The van der Waals surface area contributed by atoms with Crippen molar-refractivity contribution >= 4 is 29.9 Å². The zero-order valence-electron chi connectivity index (χ0n) is 17.9. The molecule has 0 radical (unpaired) electrons. The second-order valence-electron chi connectivity index (χ2n) is 8.92. The van der Waals surface area contributed by atoms with E-state index in [0.29, 0.717) is 0 Å². The maximum absolute atomic E-state index is 5.23. The minimum Gasteiger partial charge on any atom is -0.357 e. The first-order chi connectivity index (χ1) is 12.6. The number of guanidine groups is 1. The van der Waals surface area contributed by atoms with Gasteiger partial charge in [0.1, 0.15) is 0 Å². The van der Waals surface area contributed by atoms with Crippen LogP contribution in [-0.4, -0.2) is 85.6 Å². The van der Waals surface area contributed by atoms with Crippen LogP contribution in [0.1, 0.15) is 58.8 Å². The fraction of sp³-hybridized carbons (Fsp3) is 0.952. The highest BCUT2D eigenvalue weighted by atomic mass is 127. The van der Waals surface area contributed by atoms with Crippen LogP contribution in [0.4, 0.5) is 0 Å². The van der Waals surface area contributed by atoms with Gasteiger partial charge in [0.05, 0.1) is 6.54 Å². The van der Waals surface area contributed by atoms with Crippen molar-refractivity contribution in [2.45, 2.75) is 64.3 Å². The Morgan fingerprint density at radius 2 is 1.63 bits per heavy atom. The van der Waals surface area contributed by atoms with Crippen molar-refractivity contribution < 1.29 is 0 Å². The summed E-state index contributed by atoms with van der Waals surface area (Å²) in [5.41, 5.74) is 0.288. The van der Waals surface area contributed by atoms with Crippen molar-refractivity contribution in [3.63, 3.8) is 0 Å². The van der Waals surface area contributed by atoms with E-state index in [-0.39, 0.29) is 29.5 Å². The summed E-state index contributed by atoms with van der Waals surface area (Å²) < 4.78 is 0. The third kappa shape index (κ3) is 6.20. The summed E-state index contributed by atoms with van der Waals surface area (Å²) in [5, 5.41) is 3.58. The molecule has 158 valence electrons. The van der Waals surface area contributed by atoms with Gasteiger partial charge in [-0.2, -0.15) is 0 Å². The van der Waals surface area contributed by atoms with Gasteiger partial charge in [0.15, 0.2) is 5.96 Å². The fourth-order valence-corrected chi connectivity index (χ4v) is 4.85. The Morgan fingerprint density at radius 1 is 1.00 bits per heavy atom. The molecule has 0 spiro atoms. The minimum absolute atomic E-state index is 0. The zero-order valence-corrected chi connectivity index (χ0v) is 20.2. The maximum atomic E-state index is 5.23. The van der Waals surface area contributed by atoms with Gasteiger partial charge < -0.3 is 15.1 Å². The smallest absolute Gasteiger partial charge is 0.193 e. The molecule has 3 heterocycles. The average molecular weight is 492 g/mol. The number of hydrogen-bond donors (Lipinski definition) is 1. The van der Waals surface area contributed by atoms with Crippen LogP contribution >= 0.6 is 24.0 Å². The molecule has 3 aliphatic rings. The van der Waals surface area contributed by atoms with Gasteiger partial charge in [-0.15, -0.1) is 24.0 Å². The molecule has 0 saturated carbocycles. The van der Waals surface area contributed by atoms with Crippen molar-refractivity contribution in [3.05, 3.63) is 0 Å². The molecule has 0 amide bonds. The van der Waals surface area contributed by atoms with Crippen LogP contribution in [0.15, 0.2) is 4.99 Å². The number of hydrogen-bond acceptors (Lipinski definition) is 3. The first-order valence-electron chi connectivity index (χ1n) is 11.1. The Bertz CT molecular complexity index is 447. The fourth-order valence-electron chi connectivity index (χ4n) is 4.85. The monoisotopic (exact) mass is 491 g/mol. The summed E-state index contributed by atoms with van der Waals surface area (Å²) in [6.07, 6.45) is 9.27. The number of rotatable bonds is 4. The van der Waals surface area contributed by atoms with E-state index in [2.05, 4.69) is 40.9 Å². The second-order valence-corrected chi connectivity index (χ2v) is 8.92. The SMILES string of the molecule is CCNC(=NCC1(N2CCCCC2)CCN(C)CC1)N1CCC(C)CC1.I. The highest BCUT2D eigenvalue weighted by Crippen LogP contribution is 2.32. The lowest BCUT2D eigenvalue weighted by Crippen LogP contribution is -2.58. The van der Waals surface area contributed by atoms with E-state index in [9.17, 15) is 0 Å². The normalized spacial score (nSPS) is 25.9. The van der Waals surface area contributed by atoms with Crippen LogP contribution in [-0.2, 0) is 0 Å². The Morgan fingerprint density at radius 3 is 2.22 bits per heavy atom. The van der Waals surface area contributed by atoms with E-state index in [1.165, 1.54) is 71.1 Å². The minimum atomic E-state index is 0. The van der Waals surface area contributed by atoms with Crippen LogP contribution < -0.4 is 5.32 Å². The molecule has 0 aromatic carbocycles. The molecule has 3 fully saturated rings. The number of halogens is 1. The standard InChI is InChI=1S/C21H41N5.HI/c1-4-22-20(25-14-8-19(2)9-15-25)23-18-21(10-16-24(3)17-11-21)26-12-6-5-7-13-26;/h19H,4-18H2,1-3H3,(H,22,23);1H. The molecule has 0 bridgehead atoms. The molecular formula is C21H42IN5. The number of nitrogens with one attached hydrogen (secondary N) is 1. The summed E-state index contributed by atoms with van der Waals surface area (Å²) in [7, 11) is 2.27. The van der Waals surface area contributed by atoms with E-state index in [1.54, 1.807) is 0 Å². The van der Waals surface area contributed by atoms with Gasteiger partial charge in [-0.3, -0.25) is 9.89 Å². The van der Waals surface area contributed by atoms with Gasteiger partial charge in [0.25, 0.3) is 0 Å². The first-order valence-corrected chi connectivity index (χ1v) is 11.1. The number of nitrogens with zero attached hydrogens (tertiary/aromatic N) is 4. The maximum Gasteiger partial charge on any atom is 0.193 e. The van der Waals surface area contributed by atoms with Crippen molar-refractivity contribution in [2.75, 3.05) is 59.4 Å². The topological polar surface area (TPSA) is 34.1 Å². The predicted molar refractivity (Wildman–Crippen MR) is 126 cm³/mol. The lowest BCUT2D eigenvalue weighted by molar-refractivity contribution is 0.0206. The van der Waals surface area contributed by atoms with Crippen LogP contribution in [0.2, 0.25) is 0 Å². The van der Waals surface area contributed by atoms with Crippen LogP contribution in [0.3, 0.4) is 0 Å². The molecule has 5 nitrogen and oxygen atoms in total. The van der Waals surface area contributed by atoms with Gasteiger partial charge in [-0.1, -0.05) is 13.3 Å². The Balaban J connectivity index is 0.00000261. The Kier molecular flexibility index (Phi) is 9.62. The third-order valence-electron chi connectivity index (χ3n) is 6.89. The predicted octanol–water partition coefficient (Wildman–Crippen LogP) is 3.25. The summed E-state index contributed by atoms with van der Waals surface area (Å²) in [4.78, 5) is 13.0. The zero-order chi connectivity index (χ0) is 18.4. The van der Waals surface area contributed by atoms with Crippen LogP contribution in [0, 0.1) is 5.92 Å². The van der Waals surface area contributed by atoms with Gasteiger partial charge in [0.2, 0.25) is 0 Å². The molecule has 0 unspecified atom stereocenters. The molecule has 0 aromatic heterocycles. The highest BCUT2D eigenvalue weighted by Gasteiger charge is 2.39. The molecule has 1 N–H and O–H groups in total. The van der Waals surface area contributed by atoms with E-state index in [1.807, 2.05) is 0 Å². The summed E-state index contributed by atoms with van der Waals surface area (Å²) >= 11 is 0. The van der Waals surface area contributed by atoms with Crippen LogP contribution in [0.5, 0.6) is 0 Å². The molecule has 0 aromatic rings. The van der Waals surface area contributed by atoms with Crippen molar-refractivity contribution in [1.29, 1.82) is 0 Å². The molecule has 27 heavy (non-hydrogen) atoms. The van der Waals surface area contributed by atoms with Crippen molar-refractivity contribution in [3.8, 4) is 0 Å². The van der Waals surface area contributed by atoms with Crippen molar-refractivity contribution in [2.24, 2.45) is 10.9 Å². The molecule has 6 heteroatoms. The number of piperidine rings is 3.